The lowest BCUT2D eigenvalue weighted by Crippen LogP contribution is -2.22. The Bertz CT molecular complexity index is 430. The summed E-state index contributed by atoms with van der Waals surface area (Å²) in [5.41, 5.74) is 1.80. The number of amides is 1. The number of likely N-dealkylation sites (N-methyl/N-ethyl adjacent to an activating group) is 1. The lowest BCUT2D eigenvalue weighted by atomic mass is 10.0. The van der Waals surface area contributed by atoms with Gasteiger partial charge in [-0.1, -0.05) is 30.8 Å². The molecule has 1 aromatic rings. The van der Waals surface area contributed by atoms with Crippen molar-refractivity contribution in [2.45, 2.75) is 6.92 Å². The van der Waals surface area contributed by atoms with Gasteiger partial charge in [-0.2, -0.15) is 0 Å². The molecule has 1 rings (SSSR count). The van der Waals surface area contributed by atoms with Gasteiger partial charge in [0.15, 0.2) is 5.78 Å². The summed E-state index contributed by atoms with van der Waals surface area (Å²) in [5.74, 6) is -0.119. The third-order valence-electron chi connectivity index (χ3n) is 2.30. The molecule has 3 heteroatoms. The first-order valence-electron chi connectivity index (χ1n) is 4.95. The molecule has 0 aliphatic carbocycles. The Morgan fingerprint density at radius 3 is 1.88 bits per heavy atom. The number of ketones is 1. The smallest absolute Gasteiger partial charge is 0.253 e. The molecule has 0 bridgehead atoms. The second-order valence-electron chi connectivity index (χ2n) is 3.81. The van der Waals surface area contributed by atoms with E-state index in [1.807, 2.05) is 0 Å². The first-order valence-corrected chi connectivity index (χ1v) is 4.95. The second kappa shape index (κ2) is 4.75. The van der Waals surface area contributed by atoms with Crippen LogP contribution in [0.3, 0.4) is 0 Å². The number of carbonyl (C=O) groups excluding carboxylic acids is 2. The molecule has 1 aromatic carbocycles. The van der Waals surface area contributed by atoms with E-state index in [0.29, 0.717) is 11.1 Å². The van der Waals surface area contributed by atoms with E-state index in [-0.39, 0.29) is 11.7 Å². The van der Waals surface area contributed by atoms with Crippen LogP contribution in [0.1, 0.15) is 22.8 Å². The van der Waals surface area contributed by atoms with E-state index in [1.54, 1.807) is 38.4 Å². The van der Waals surface area contributed by atoms with Gasteiger partial charge in [-0.15, -0.1) is 0 Å². The molecule has 0 atom stereocenters. The second-order valence-corrected chi connectivity index (χ2v) is 3.81. The predicted molar refractivity (Wildman–Crippen MR) is 64.2 cm³/mol. The van der Waals surface area contributed by atoms with Gasteiger partial charge in [-0.25, -0.2) is 0 Å². The van der Waals surface area contributed by atoms with Crippen LogP contribution in [-0.2, 0) is 4.79 Å². The summed E-state index contributed by atoms with van der Waals surface area (Å²) in [6.45, 7) is 5.25. The highest BCUT2D eigenvalue weighted by Gasteiger charge is 2.11. The molecule has 0 aliphatic rings. The van der Waals surface area contributed by atoms with Gasteiger partial charge in [0.05, 0.1) is 0 Å². The Balaban J connectivity index is 2.94. The fourth-order valence-electron chi connectivity index (χ4n) is 1.30. The fourth-order valence-corrected chi connectivity index (χ4v) is 1.30. The normalized spacial score (nSPS) is 9.69. The fraction of sp³-hybridized carbons (Fsp3) is 0.231. The molecule has 0 aliphatic heterocycles. The number of hydrogen-bond acceptors (Lipinski definition) is 2. The lowest BCUT2D eigenvalue weighted by Gasteiger charge is -2.12. The van der Waals surface area contributed by atoms with Crippen LogP contribution in [0.15, 0.2) is 30.8 Å². The largest absolute Gasteiger partial charge is 0.345 e. The third-order valence-corrected chi connectivity index (χ3v) is 2.30. The van der Waals surface area contributed by atoms with Gasteiger partial charge >= 0.3 is 0 Å². The minimum Gasteiger partial charge on any atom is -0.345 e. The van der Waals surface area contributed by atoms with E-state index >= 15 is 0 Å². The number of rotatable bonds is 3. The minimum absolute atomic E-state index is 0.0103. The SMILES string of the molecule is C=C(C(=O)N(C)C)c1ccc(C(C)=O)cc1. The van der Waals surface area contributed by atoms with Crippen molar-refractivity contribution in [2.75, 3.05) is 14.1 Å². The molecular weight excluding hydrogens is 202 g/mol. The van der Waals surface area contributed by atoms with Crippen molar-refractivity contribution >= 4 is 17.3 Å². The summed E-state index contributed by atoms with van der Waals surface area (Å²) in [6, 6.07) is 6.87. The molecule has 84 valence electrons. The summed E-state index contributed by atoms with van der Waals surface area (Å²) in [4.78, 5) is 24.2. The van der Waals surface area contributed by atoms with E-state index in [0.717, 1.165) is 5.56 Å². The van der Waals surface area contributed by atoms with Crippen LogP contribution in [-0.4, -0.2) is 30.7 Å². The molecule has 0 N–H and O–H groups in total. The molecule has 0 saturated carbocycles. The van der Waals surface area contributed by atoms with Crippen LogP contribution in [0.4, 0.5) is 0 Å². The van der Waals surface area contributed by atoms with Gasteiger partial charge in [0, 0.05) is 25.2 Å². The van der Waals surface area contributed by atoms with Crippen molar-refractivity contribution in [1.82, 2.24) is 4.90 Å². The molecule has 0 saturated heterocycles. The monoisotopic (exact) mass is 217 g/mol. The first kappa shape index (κ1) is 12.2. The Labute approximate surface area is 95.4 Å². The summed E-state index contributed by atoms with van der Waals surface area (Å²) >= 11 is 0. The zero-order chi connectivity index (χ0) is 12.3. The van der Waals surface area contributed by atoms with Gasteiger partial charge in [-0.3, -0.25) is 9.59 Å². The van der Waals surface area contributed by atoms with Crippen LogP contribution in [0, 0.1) is 0 Å². The number of carbonyl (C=O) groups is 2. The molecule has 0 heterocycles. The van der Waals surface area contributed by atoms with Gasteiger partial charge in [0.25, 0.3) is 5.91 Å². The Morgan fingerprint density at radius 1 is 1.06 bits per heavy atom. The van der Waals surface area contributed by atoms with Crippen LogP contribution in [0.5, 0.6) is 0 Å². The Morgan fingerprint density at radius 2 is 1.50 bits per heavy atom. The third kappa shape index (κ3) is 2.57. The quantitative estimate of drug-likeness (QED) is 0.573. The number of Topliss-reactive ketones (excluding diaryl/α,β-unsaturated/α-hetero) is 1. The summed E-state index contributed by atoms with van der Waals surface area (Å²) in [7, 11) is 3.36. The Kier molecular flexibility index (Phi) is 3.61. The van der Waals surface area contributed by atoms with Crippen LogP contribution < -0.4 is 0 Å². The summed E-state index contributed by atoms with van der Waals surface area (Å²) in [6.07, 6.45) is 0. The van der Waals surface area contributed by atoms with E-state index in [4.69, 9.17) is 0 Å². The van der Waals surface area contributed by atoms with E-state index in [9.17, 15) is 9.59 Å². The van der Waals surface area contributed by atoms with Crippen molar-refractivity contribution in [3.63, 3.8) is 0 Å². The summed E-state index contributed by atoms with van der Waals surface area (Å²) < 4.78 is 0. The maximum absolute atomic E-state index is 11.6. The predicted octanol–water partition coefficient (Wildman–Crippen LogP) is 1.99. The van der Waals surface area contributed by atoms with Crippen LogP contribution in [0.25, 0.3) is 5.57 Å². The molecule has 0 radical (unpaired) electrons. The standard InChI is InChI=1S/C13H15NO2/c1-9(13(16)14(3)4)11-5-7-12(8-6-11)10(2)15/h5-8H,1H2,2-4H3. The maximum Gasteiger partial charge on any atom is 0.253 e. The van der Waals surface area contributed by atoms with Crippen molar-refractivity contribution in [3.8, 4) is 0 Å². The van der Waals surface area contributed by atoms with Crippen LogP contribution >= 0.6 is 0 Å². The van der Waals surface area contributed by atoms with Crippen molar-refractivity contribution in [1.29, 1.82) is 0 Å². The highest BCUT2D eigenvalue weighted by atomic mass is 16.2. The van der Waals surface area contributed by atoms with E-state index < -0.39 is 0 Å². The van der Waals surface area contributed by atoms with Gasteiger partial charge in [0.1, 0.15) is 0 Å². The van der Waals surface area contributed by atoms with E-state index in [2.05, 4.69) is 6.58 Å². The molecule has 3 nitrogen and oxygen atoms in total. The molecule has 16 heavy (non-hydrogen) atoms. The van der Waals surface area contributed by atoms with Crippen molar-refractivity contribution in [3.05, 3.63) is 42.0 Å². The van der Waals surface area contributed by atoms with Crippen molar-refractivity contribution in [2.24, 2.45) is 0 Å². The zero-order valence-corrected chi connectivity index (χ0v) is 9.78. The topological polar surface area (TPSA) is 37.4 Å². The number of nitrogens with zero attached hydrogens (tertiary/aromatic N) is 1. The molecule has 1 amide bonds. The highest BCUT2D eigenvalue weighted by Crippen LogP contribution is 2.15. The number of benzene rings is 1. The summed E-state index contributed by atoms with van der Waals surface area (Å²) in [5, 5.41) is 0. The first-order chi connectivity index (χ1) is 7.43. The molecule has 0 unspecified atom stereocenters. The average molecular weight is 217 g/mol. The molecular formula is C13H15NO2. The van der Waals surface area contributed by atoms with Gasteiger partial charge < -0.3 is 4.90 Å². The highest BCUT2D eigenvalue weighted by molar-refractivity contribution is 6.18. The van der Waals surface area contributed by atoms with Gasteiger partial charge in [-0.05, 0) is 12.5 Å². The maximum atomic E-state index is 11.6. The molecule has 0 spiro atoms. The molecule has 0 fully saturated rings. The molecule has 0 aromatic heterocycles. The number of hydrogen-bond donors (Lipinski definition) is 0. The van der Waals surface area contributed by atoms with E-state index in [1.165, 1.54) is 11.8 Å². The van der Waals surface area contributed by atoms with Gasteiger partial charge in [0.2, 0.25) is 0 Å². The average Bonchev–Trinajstić information content (AvgIpc) is 2.27. The lowest BCUT2D eigenvalue weighted by molar-refractivity contribution is -0.122. The minimum atomic E-state index is -0.129. The zero-order valence-electron chi connectivity index (χ0n) is 9.78. The Hall–Kier alpha value is -1.90. The van der Waals surface area contributed by atoms with Crippen LogP contribution in [0.2, 0.25) is 0 Å². The van der Waals surface area contributed by atoms with Crippen molar-refractivity contribution < 1.29 is 9.59 Å².